The van der Waals surface area contributed by atoms with Crippen molar-refractivity contribution in [3.8, 4) is 5.75 Å². The number of methoxy groups -OCH3 is 1. The fraction of sp³-hybridized carbons (Fsp3) is 0.263. The van der Waals surface area contributed by atoms with Crippen molar-refractivity contribution >= 4 is 23.6 Å². The quantitative estimate of drug-likeness (QED) is 0.561. The highest BCUT2D eigenvalue weighted by atomic mass is 32.2. The van der Waals surface area contributed by atoms with Gasteiger partial charge >= 0.3 is 5.97 Å². The molecule has 0 bridgehead atoms. The minimum Gasteiger partial charge on any atom is -0.497 e. The van der Waals surface area contributed by atoms with Crippen molar-refractivity contribution in [1.82, 2.24) is 4.90 Å². The van der Waals surface area contributed by atoms with Crippen molar-refractivity contribution < 1.29 is 19.1 Å². The van der Waals surface area contributed by atoms with E-state index in [2.05, 4.69) is 0 Å². The van der Waals surface area contributed by atoms with Gasteiger partial charge in [-0.25, -0.2) is 4.79 Å². The number of carbonyl (C=O) groups is 2. The minimum absolute atomic E-state index is 0.259. The third kappa shape index (κ3) is 5.53. The standard InChI is InChI=1S/C19H21NO4S/c1-20(12-14-7-9-17(25-3)10-8-14)18(21)13-24-19(22)15-5-4-6-16(11-15)23-2/h4-11H,12-13H2,1-3H3. The molecule has 0 saturated carbocycles. The van der Waals surface area contributed by atoms with Crippen LogP contribution in [-0.2, 0) is 16.1 Å². The van der Waals surface area contributed by atoms with Crippen LogP contribution in [0.5, 0.6) is 5.75 Å². The molecule has 2 aromatic carbocycles. The summed E-state index contributed by atoms with van der Waals surface area (Å²) in [5, 5.41) is 0. The SMILES string of the molecule is COc1cccc(C(=O)OCC(=O)N(C)Cc2ccc(SC)cc2)c1. The second-order valence-corrected chi connectivity index (χ2v) is 6.29. The lowest BCUT2D eigenvalue weighted by Gasteiger charge is -2.17. The van der Waals surface area contributed by atoms with Crippen LogP contribution in [0.1, 0.15) is 15.9 Å². The van der Waals surface area contributed by atoms with E-state index in [0.717, 1.165) is 5.56 Å². The van der Waals surface area contributed by atoms with Crippen LogP contribution in [0.3, 0.4) is 0 Å². The molecular formula is C19H21NO4S. The van der Waals surface area contributed by atoms with Gasteiger partial charge in [0.25, 0.3) is 5.91 Å². The van der Waals surface area contributed by atoms with Crippen molar-refractivity contribution in [2.75, 3.05) is 27.0 Å². The molecule has 0 N–H and O–H groups in total. The Morgan fingerprint density at radius 1 is 1.12 bits per heavy atom. The van der Waals surface area contributed by atoms with Gasteiger partial charge in [0, 0.05) is 18.5 Å². The highest BCUT2D eigenvalue weighted by molar-refractivity contribution is 7.98. The average Bonchev–Trinajstić information content (AvgIpc) is 2.66. The number of ether oxygens (including phenoxy) is 2. The lowest BCUT2D eigenvalue weighted by atomic mass is 10.2. The van der Waals surface area contributed by atoms with E-state index >= 15 is 0 Å². The number of hydrogen-bond acceptors (Lipinski definition) is 5. The summed E-state index contributed by atoms with van der Waals surface area (Å²) in [6, 6.07) is 14.6. The minimum atomic E-state index is -0.551. The summed E-state index contributed by atoms with van der Waals surface area (Å²) in [5.41, 5.74) is 1.37. The van der Waals surface area contributed by atoms with E-state index in [-0.39, 0.29) is 12.5 Å². The van der Waals surface area contributed by atoms with Gasteiger partial charge in [0.2, 0.25) is 0 Å². The van der Waals surface area contributed by atoms with Gasteiger partial charge in [-0.2, -0.15) is 0 Å². The van der Waals surface area contributed by atoms with Crippen LogP contribution in [0.15, 0.2) is 53.4 Å². The van der Waals surface area contributed by atoms with E-state index in [4.69, 9.17) is 9.47 Å². The van der Waals surface area contributed by atoms with Crippen LogP contribution < -0.4 is 4.74 Å². The zero-order chi connectivity index (χ0) is 18.2. The molecule has 0 spiro atoms. The Kier molecular flexibility index (Phi) is 6.89. The van der Waals surface area contributed by atoms with E-state index < -0.39 is 5.97 Å². The molecule has 6 heteroatoms. The number of rotatable bonds is 7. The largest absolute Gasteiger partial charge is 0.497 e. The number of likely N-dealkylation sites (N-methyl/N-ethyl adjacent to an activating group) is 1. The lowest BCUT2D eigenvalue weighted by Crippen LogP contribution is -2.30. The number of amides is 1. The van der Waals surface area contributed by atoms with Crippen LogP contribution in [0, 0.1) is 0 Å². The van der Waals surface area contributed by atoms with Crippen LogP contribution in [-0.4, -0.2) is 43.8 Å². The Labute approximate surface area is 151 Å². The molecule has 1 amide bonds. The maximum absolute atomic E-state index is 12.1. The monoisotopic (exact) mass is 359 g/mol. The number of carbonyl (C=O) groups excluding carboxylic acids is 2. The van der Waals surface area contributed by atoms with E-state index in [1.807, 2.05) is 30.5 Å². The normalized spacial score (nSPS) is 10.2. The first kappa shape index (κ1) is 18.9. The molecule has 0 aromatic heterocycles. The fourth-order valence-corrected chi connectivity index (χ4v) is 2.57. The first-order chi connectivity index (χ1) is 12.0. The number of benzene rings is 2. The van der Waals surface area contributed by atoms with E-state index in [9.17, 15) is 9.59 Å². The Morgan fingerprint density at radius 2 is 1.84 bits per heavy atom. The topological polar surface area (TPSA) is 55.8 Å². The molecule has 2 aromatic rings. The van der Waals surface area contributed by atoms with Crippen molar-refractivity contribution in [2.24, 2.45) is 0 Å². The summed E-state index contributed by atoms with van der Waals surface area (Å²) >= 11 is 1.67. The molecule has 0 fully saturated rings. The third-order valence-electron chi connectivity index (χ3n) is 3.64. The highest BCUT2D eigenvalue weighted by Gasteiger charge is 2.14. The second-order valence-electron chi connectivity index (χ2n) is 5.41. The van der Waals surface area contributed by atoms with Crippen molar-refractivity contribution in [3.63, 3.8) is 0 Å². The Bertz CT molecular complexity index is 730. The highest BCUT2D eigenvalue weighted by Crippen LogP contribution is 2.16. The molecule has 0 heterocycles. The maximum Gasteiger partial charge on any atom is 0.338 e. The molecule has 0 aliphatic carbocycles. The Balaban J connectivity index is 1.86. The molecule has 0 unspecified atom stereocenters. The van der Waals surface area contributed by atoms with Crippen molar-refractivity contribution in [3.05, 3.63) is 59.7 Å². The smallest absolute Gasteiger partial charge is 0.338 e. The zero-order valence-corrected chi connectivity index (χ0v) is 15.3. The number of thioether (sulfide) groups is 1. The second kappa shape index (κ2) is 9.13. The molecule has 132 valence electrons. The van der Waals surface area contributed by atoms with Gasteiger partial charge in [-0.3, -0.25) is 4.79 Å². The predicted molar refractivity (Wildman–Crippen MR) is 98.0 cm³/mol. The van der Waals surface area contributed by atoms with Crippen molar-refractivity contribution in [1.29, 1.82) is 0 Å². The molecule has 0 aliphatic heterocycles. The Morgan fingerprint density at radius 3 is 2.48 bits per heavy atom. The Hall–Kier alpha value is -2.47. The molecule has 0 radical (unpaired) electrons. The molecular weight excluding hydrogens is 338 g/mol. The average molecular weight is 359 g/mol. The molecule has 25 heavy (non-hydrogen) atoms. The first-order valence-corrected chi connectivity index (χ1v) is 8.94. The third-order valence-corrected chi connectivity index (χ3v) is 4.38. The van der Waals surface area contributed by atoms with Crippen LogP contribution >= 0.6 is 11.8 Å². The number of nitrogens with zero attached hydrogens (tertiary/aromatic N) is 1. The van der Waals surface area contributed by atoms with Gasteiger partial charge in [0.1, 0.15) is 5.75 Å². The molecule has 0 saturated heterocycles. The van der Waals surface area contributed by atoms with Crippen LogP contribution in [0.25, 0.3) is 0 Å². The van der Waals surface area contributed by atoms with Crippen molar-refractivity contribution in [2.45, 2.75) is 11.4 Å². The van der Waals surface area contributed by atoms with Crippen LogP contribution in [0.4, 0.5) is 0 Å². The van der Waals surface area contributed by atoms with Gasteiger partial charge in [0.15, 0.2) is 6.61 Å². The first-order valence-electron chi connectivity index (χ1n) is 7.71. The summed E-state index contributed by atoms with van der Waals surface area (Å²) in [7, 11) is 3.21. The van der Waals surface area contributed by atoms with Gasteiger partial charge in [-0.1, -0.05) is 18.2 Å². The summed E-state index contributed by atoms with van der Waals surface area (Å²) in [6.45, 7) is 0.166. The molecule has 0 atom stereocenters. The fourth-order valence-electron chi connectivity index (χ4n) is 2.16. The number of hydrogen-bond donors (Lipinski definition) is 0. The van der Waals surface area contributed by atoms with Gasteiger partial charge < -0.3 is 14.4 Å². The van der Waals surface area contributed by atoms with E-state index in [1.165, 1.54) is 16.9 Å². The number of esters is 1. The van der Waals surface area contributed by atoms with Gasteiger partial charge in [-0.15, -0.1) is 11.8 Å². The van der Waals surface area contributed by atoms with Gasteiger partial charge in [0.05, 0.1) is 12.7 Å². The molecule has 2 rings (SSSR count). The van der Waals surface area contributed by atoms with Crippen LogP contribution in [0.2, 0.25) is 0 Å². The lowest BCUT2D eigenvalue weighted by molar-refractivity contribution is -0.133. The van der Waals surface area contributed by atoms with E-state index in [0.29, 0.717) is 17.9 Å². The van der Waals surface area contributed by atoms with E-state index in [1.54, 1.807) is 43.1 Å². The summed E-state index contributed by atoms with van der Waals surface area (Å²) < 4.78 is 10.2. The zero-order valence-electron chi connectivity index (χ0n) is 14.5. The molecule has 0 aliphatic rings. The summed E-state index contributed by atoms with van der Waals surface area (Å²) in [6.07, 6.45) is 2.02. The molecule has 5 nitrogen and oxygen atoms in total. The summed E-state index contributed by atoms with van der Waals surface area (Å²) in [4.78, 5) is 26.9. The predicted octanol–water partition coefficient (Wildman–Crippen LogP) is 3.23. The maximum atomic E-state index is 12.1. The summed E-state index contributed by atoms with van der Waals surface area (Å²) in [5.74, 6) is -0.248. The van der Waals surface area contributed by atoms with Gasteiger partial charge in [-0.05, 0) is 42.2 Å².